The fourth-order valence-electron chi connectivity index (χ4n) is 4.13. The summed E-state index contributed by atoms with van der Waals surface area (Å²) in [7, 11) is -2.11. The van der Waals surface area contributed by atoms with Crippen LogP contribution in [-0.2, 0) is 46.3 Å². The molecule has 28 heavy (non-hydrogen) atoms. The number of anilines is 2. The van der Waals surface area contributed by atoms with Gasteiger partial charge in [-0.1, -0.05) is 6.07 Å². The van der Waals surface area contributed by atoms with Crippen LogP contribution in [0.15, 0.2) is 15.8 Å². The van der Waals surface area contributed by atoms with Gasteiger partial charge in [0.05, 0.1) is 5.69 Å². The number of benzene rings is 1. The third-order valence-corrected chi connectivity index (χ3v) is 6.75. The fourth-order valence-corrected chi connectivity index (χ4v) is 5.18. The van der Waals surface area contributed by atoms with Crippen molar-refractivity contribution < 1.29 is 14.1 Å². The van der Waals surface area contributed by atoms with Crippen LogP contribution in [-0.4, -0.2) is 16.1 Å². The number of aromatic nitrogens is 1. The van der Waals surface area contributed by atoms with Gasteiger partial charge in [-0.2, -0.15) is 0 Å². The second-order valence-corrected chi connectivity index (χ2v) is 9.36. The molecule has 0 spiro atoms. The number of nitrogens with zero attached hydrogens (tertiary/aromatic N) is 3. The Kier molecular flexibility index (Phi) is 5.03. The van der Waals surface area contributed by atoms with Gasteiger partial charge in [-0.05, 0) is 74.6 Å². The first-order chi connectivity index (χ1) is 13.3. The number of hydrogen-bond acceptors (Lipinski definition) is 6. The molecule has 0 unspecified atom stereocenters. The molecule has 1 aromatic carbocycles. The van der Waals surface area contributed by atoms with E-state index in [1.54, 1.807) is 19.2 Å². The summed E-state index contributed by atoms with van der Waals surface area (Å²) >= 11 is 1.28. The average molecular weight is 420 g/mol. The summed E-state index contributed by atoms with van der Waals surface area (Å²) in [4.78, 5) is 19.0. The Morgan fingerprint density at radius 3 is 2.36 bits per heavy atom. The number of aliphatic hydroxyl groups is 1. The number of thiazole rings is 1. The Balaban J connectivity index is 1.93. The Labute approximate surface area is 169 Å². The lowest BCUT2D eigenvalue weighted by atomic mass is 9.98. The van der Waals surface area contributed by atoms with E-state index in [-0.39, 0.29) is 0 Å². The van der Waals surface area contributed by atoms with Crippen LogP contribution in [0, 0.1) is 0 Å². The van der Waals surface area contributed by atoms with E-state index < -0.39 is 22.4 Å². The maximum absolute atomic E-state index is 13.0. The zero-order valence-electron chi connectivity index (χ0n) is 15.9. The quantitative estimate of drug-likeness (QED) is 0.740. The van der Waals surface area contributed by atoms with Crippen LogP contribution in [0.3, 0.4) is 0 Å². The minimum atomic E-state index is -2.11. The van der Waals surface area contributed by atoms with Crippen LogP contribution < -0.4 is 10.0 Å². The molecule has 1 aromatic heterocycles. The lowest BCUT2D eigenvalue weighted by Crippen LogP contribution is -2.26. The number of rotatable bonds is 3. The van der Waals surface area contributed by atoms with Crippen LogP contribution in [0.25, 0.3) is 0 Å². The van der Waals surface area contributed by atoms with Crippen LogP contribution in [0.4, 0.5) is 16.3 Å². The summed E-state index contributed by atoms with van der Waals surface area (Å²) in [5.74, 6) is 0.385. The van der Waals surface area contributed by atoms with Crippen molar-refractivity contribution in [2.24, 2.45) is 9.50 Å². The van der Waals surface area contributed by atoms with Gasteiger partial charge in [0.25, 0.3) is 0 Å². The van der Waals surface area contributed by atoms with Gasteiger partial charge in [-0.25, -0.2) is 14.7 Å². The Bertz CT molecular complexity index is 1000. The summed E-state index contributed by atoms with van der Waals surface area (Å²) in [6.45, 7) is 3.30. The summed E-state index contributed by atoms with van der Waals surface area (Å²) in [6, 6.07) is 1.58. The fraction of sp³-hybridized carbons (Fsp3) is 0.474. The van der Waals surface area contributed by atoms with E-state index in [1.165, 1.54) is 27.4 Å². The van der Waals surface area contributed by atoms with Gasteiger partial charge >= 0.3 is 6.03 Å². The lowest BCUT2D eigenvalue weighted by Gasteiger charge is -2.26. The van der Waals surface area contributed by atoms with E-state index in [9.17, 15) is 14.1 Å². The summed E-state index contributed by atoms with van der Waals surface area (Å²) in [5, 5.41) is 17.8. The molecule has 9 heteroatoms. The van der Waals surface area contributed by atoms with Gasteiger partial charge in [0, 0.05) is 5.38 Å². The van der Waals surface area contributed by atoms with Crippen molar-refractivity contribution in [3.63, 3.8) is 0 Å². The van der Waals surface area contributed by atoms with E-state index >= 15 is 0 Å². The standard InChI is InChI=1S/C19H23N4O3S2/c1-19(2,25)17-21-15(10-27-17)23(18(24)22-28(20)26)16-13-7-3-5-11(13)9-12-6-4-8-14(12)16/h9-10,25H,3-8H2,1-2H3,(H2,20,22,24,26)/q-1. The maximum Gasteiger partial charge on any atom is 0.331 e. The molecule has 0 bridgehead atoms. The highest BCUT2D eigenvalue weighted by Gasteiger charge is 2.32. The molecule has 0 saturated heterocycles. The second kappa shape index (κ2) is 7.22. The number of aryl methyl sites for hydroxylation is 2. The molecule has 3 N–H and O–H groups in total. The van der Waals surface area contributed by atoms with Crippen molar-refractivity contribution >= 4 is 39.7 Å². The van der Waals surface area contributed by atoms with E-state index in [1.807, 2.05) is 0 Å². The first kappa shape index (κ1) is 19.5. The molecule has 2 aliphatic carbocycles. The number of nitrogens with two attached hydrogens (primary N) is 1. The predicted octanol–water partition coefficient (Wildman–Crippen LogP) is 3.63. The van der Waals surface area contributed by atoms with Crippen molar-refractivity contribution in [1.82, 2.24) is 4.98 Å². The minimum Gasteiger partial charge on any atom is -0.430 e. The Hall–Kier alpha value is -1.81. The van der Waals surface area contributed by atoms with Crippen molar-refractivity contribution in [1.29, 1.82) is 0 Å². The molecule has 1 heterocycles. The zero-order chi connectivity index (χ0) is 20.1. The molecule has 2 aliphatic rings. The number of urea groups is 1. The van der Waals surface area contributed by atoms with E-state index in [4.69, 9.17) is 5.14 Å². The van der Waals surface area contributed by atoms with Gasteiger partial charge in [-0.15, -0.1) is 22.1 Å². The van der Waals surface area contributed by atoms with Crippen LogP contribution in [0.1, 0.15) is 54.0 Å². The van der Waals surface area contributed by atoms with Crippen molar-refractivity contribution in [2.45, 2.75) is 58.0 Å². The Morgan fingerprint density at radius 1 is 1.25 bits per heavy atom. The number of amides is 2. The molecule has 7 nitrogen and oxygen atoms in total. The van der Waals surface area contributed by atoms with Gasteiger partial charge < -0.3 is 18.8 Å². The first-order valence-electron chi connectivity index (χ1n) is 9.32. The molecular weight excluding hydrogens is 396 g/mol. The Morgan fingerprint density at radius 2 is 1.86 bits per heavy atom. The van der Waals surface area contributed by atoms with E-state index in [0.717, 1.165) is 55.3 Å². The third kappa shape index (κ3) is 3.47. The second-order valence-electron chi connectivity index (χ2n) is 7.76. The summed E-state index contributed by atoms with van der Waals surface area (Å²) in [6.07, 6.45) is 5.83. The van der Waals surface area contributed by atoms with E-state index in [2.05, 4.69) is 15.4 Å². The van der Waals surface area contributed by atoms with Gasteiger partial charge in [0.1, 0.15) is 10.6 Å². The van der Waals surface area contributed by atoms with Crippen LogP contribution in [0.5, 0.6) is 0 Å². The van der Waals surface area contributed by atoms with Crippen LogP contribution in [0.2, 0.25) is 0 Å². The highest BCUT2D eigenvalue weighted by molar-refractivity contribution is 7.72. The van der Waals surface area contributed by atoms with E-state index in [0.29, 0.717) is 10.8 Å². The monoisotopic (exact) mass is 419 g/mol. The van der Waals surface area contributed by atoms with Crippen molar-refractivity contribution in [3.05, 3.63) is 38.7 Å². The number of fused-ring (bicyclic) bond motifs is 2. The molecule has 2 aromatic rings. The zero-order valence-corrected chi connectivity index (χ0v) is 17.5. The normalized spacial score (nSPS) is 16.9. The van der Waals surface area contributed by atoms with Crippen LogP contribution >= 0.6 is 11.3 Å². The largest absolute Gasteiger partial charge is 0.430 e. The van der Waals surface area contributed by atoms with Crippen molar-refractivity contribution in [2.75, 3.05) is 4.90 Å². The smallest absolute Gasteiger partial charge is 0.331 e. The average Bonchev–Trinajstić information content (AvgIpc) is 3.33. The first-order valence-corrected chi connectivity index (χ1v) is 11.4. The third-order valence-electron chi connectivity index (χ3n) is 5.27. The molecule has 0 saturated carbocycles. The topological polar surface area (TPSA) is 109 Å². The molecule has 0 atom stereocenters. The highest BCUT2D eigenvalue weighted by Crippen LogP contribution is 2.44. The minimum absolute atomic E-state index is 0.385. The number of carbonyl (C=O) groups excluding carboxylic acids is 1. The van der Waals surface area contributed by atoms with Crippen molar-refractivity contribution in [3.8, 4) is 0 Å². The molecule has 0 fully saturated rings. The number of hydrogen-bond donors (Lipinski definition) is 2. The molecule has 0 radical (unpaired) electrons. The molecule has 0 aliphatic heterocycles. The SMILES string of the molecule is CC(C)(O)c1nc(N(C(=O)/N=[S-](\N)=O)c2c3c(cc4c2CCC4)CCC3)cs1. The molecular formula is C19H23N4O3S2-. The molecule has 150 valence electrons. The molecule has 2 amide bonds. The van der Waals surface area contributed by atoms with Gasteiger partial charge in [-0.3, -0.25) is 0 Å². The number of carbonyl (C=O) groups is 1. The summed E-state index contributed by atoms with van der Waals surface area (Å²) < 4.78 is 15.1. The highest BCUT2D eigenvalue weighted by atomic mass is 32.2. The molecule has 4 rings (SSSR count). The lowest BCUT2D eigenvalue weighted by molar-refractivity contribution is 0.0783. The maximum atomic E-state index is 13.0. The predicted molar refractivity (Wildman–Crippen MR) is 110 cm³/mol. The van der Waals surface area contributed by atoms with Gasteiger partial charge in [0.15, 0.2) is 5.82 Å². The summed E-state index contributed by atoms with van der Waals surface area (Å²) in [5.41, 5.74) is 4.52. The van der Waals surface area contributed by atoms with Gasteiger partial charge in [0.2, 0.25) is 0 Å².